The second kappa shape index (κ2) is 10.5. The summed E-state index contributed by atoms with van der Waals surface area (Å²) in [4.78, 5) is 12.5. The number of carbonyl (C=O) groups is 1. The first-order valence-electron chi connectivity index (χ1n) is 9.55. The first-order valence-corrected chi connectivity index (χ1v) is 9.55. The Kier molecular flexibility index (Phi) is 7.28. The molecule has 0 aliphatic carbocycles. The SMILES string of the molecule is COc1cccc(NC(=O)/C(C#N)=C/c2ccc(OCc3ccccc3)c(OC)c2)c1. The maximum Gasteiger partial charge on any atom is 0.266 e. The monoisotopic (exact) mass is 414 g/mol. The average molecular weight is 414 g/mol. The Hall–Kier alpha value is -4.24. The molecule has 0 atom stereocenters. The molecule has 0 aliphatic rings. The van der Waals surface area contributed by atoms with Gasteiger partial charge >= 0.3 is 0 Å². The Balaban J connectivity index is 1.75. The van der Waals surface area contributed by atoms with Crippen molar-refractivity contribution >= 4 is 17.7 Å². The average Bonchev–Trinajstić information content (AvgIpc) is 2.82. The van der Waals surface area contributed by atoms with Crippen LogP contribution in [0.1, 0.15) is 11.1 Å². The van der Waals surface area contributed by atoms with Gasteiger partial charge in [0.25, 0.3) is 5.91 Å². The van der Waals surface area contributed by atoms with Crippen LogP contribution in [0.3, 0.4) is 0 Å². The first-order chi connectivity index (χ1) is 15.1. The molecule has 3 aromatic carbocycles. The van der Waals surface area contributed by atoms with Gasteiger partial charge in [0.1, 0.15) is 24.0 Å². The molecule has 0 aliphatic heterocycles. The van der Waals surface area contributed by atoms with Crippen LogP contribution >= 0.6 is 0 Å². The summed E-state index contributed by atoms with van der Waals surface area (Å²) in [6.07, 6.45) is 1.50. The molecule has 0 fully saturated rings. The minimum atomic E-state index is -0.515. The summed E-state index contributed by atoms with van der Waals surface area (Å²) in [5.41, 5.74) is 2.17. The van der Waals surface area contributed by atoms with E-state index in [1.807, 2.05) is 36.4 Å². The number of nitrogens with one attached hydrogen (secondary N) is 1. The number of amides is 1. The number of nitriles is 1. The van der Waals surface area contributed by atoms with Crippen LogP contribution in [0.15, 0.2) is 78.4 Å². The molecule has 3 aromatic rings. The van der Waals surface area contributed by atoms with Gasteiger partial charge in [0.15, 0.2) is 11.5 Å². The van der Waals surface area contributed by atoms with Crippen molar-refractivity contribution in [2.45, 2.75) is 6.61 Å². The van der Waals surface area contributed by atoms with E-state index >= 15 is 0 Å². The van der Waals surface area contributed by atoms with Gasteiger partial charge in [-0.3, -0.25) is 4.79 Å². The van der Waals surface area contributed by atoms with Gasteiger partial charge in [-0.15, -0.1) is 0 Å². The van der Waals surface area contributed by atoms with Crippen molar-refractivity contribution < 1.29 is 19.0 Å². The van der Waals surface area contributed by atoms with E-state index < -0.39 is 5.91 Å². The van der Waals surface area contributed by atoms with Crippen molar-refractivity contribution in [1.82, 2.24) is 0 Å². The zero-order valence-electron chi connectivity index (χ0n) is 17.3. The summed E-state index contributed by atoms with van der Waals surface area (Å²) in [5.74, 6) is 1.17. The molecule has 3 rings (SSSR count). The number of benzene rings is 3. The fourth-order valence-corrected chi connectivity index (χ4v) is 2.84. The molecule has 0 heterocycles. The van der Waals surface area contributed by atoms with Gasteiger partial charge in [0, 0.05) is 11.8 Å². The number of hydrogen-bond donors (Lipinski definition) is 1. The third-order valence-electron chi connectivity index (χ3n) is 4.43. The van der Waals surface area contributed by atoms with Crippen molar-refractivity contribution in [3.05, 3.63) is 89.5 Å². The molecule has 156 valence electrons. The fourth-order valence-electron chi connectivity index (χ4n) is 2.84. The molecular weight excluding hydrogens is 392 g/mol. The number of rotatable bonds is 8. The van der Waals surface area contributed by atoms with Crippen molar-refractivity contribution in [2.24, 2.45) is 0 Å². The van der Waals surface area contributed by atoms with Gasteiger partial charge in [0.05, 0.1) is 14.2 Å². The Labute approximate surface area is 181 Å². The van der Waals surface area contributed by atoms with E-state index in [9.17, 15) is 10.1 Å². The fraction of sp³-hybridized carbons (Fsp3) is 0.120. The third kappa shape index (κ3) is 5.87. The highest BCUT2D eigenvalue weighted by molar-refractivity contribution is 6.09. The quantitative estimate of drug-likeness (QED) is 0.422. The molecular formula is C25H22N2O4. The number of carbonyl (C=O) groups excluding carboxylic acids is 1. The molecule has 0 aromatic heterocycles. The van der Waals surface area contributed by atoms with E-state index in [2.05, 4.69) is 5.32 Å². The van der Waals surface area contributed by atoms with Crippen molar-refractivity contribution in [2.75, 3.05) is 19.5 Å². The minimum Gasteiger partial charge on any atom is -0.497 e. The largest absolute Gasteiger partial charge is 0.497 e. The lowest BCUT2D eigenvalue weighted by molar-refractivity contribution is -0.112. The third-order valence-corrected chi connectivity index (χ3v) is 4.43. The Morgan fingerprint density at radius 2 is 1.77 bits per heavy atom. The molecule has 6 nitrogen and oxygen atoms in total. The normalized spacial score (nSPS) is 10.7. The highest BCUT2D eigenvalue weighted by Crippen LogP contribution is 2.30. The predicted molar refractivity (Wildman–Crippen MR) is 119 cm³/mol. The van der Waals surface area contributed by atoms with Crippen LogP contribution < -0.4 is 19.5 Å². The van der Waals surface area contributed by atoms with E-state index in [0.717, 1.165) is 5.56 Å². The van der Waals surface area contributed by atoms with Crippen LogP contribution in [0.4, 0.5) is 5.69 Å². The second-order valence-corrected chi connectivity index (χ2v) is 6.54. The lowest BCUT2D eigenvalue weighted by Crippen LogP contribution is -2.13. The summed E-state index contributed by atoms with van der Waals surface area (Å²) in [6, 6.07) is 23.9. The predicted octanol–water partition coefficient (Wildman–Crippen LogP) is 4.83. The summed E-state index contributed by atoms with van der Waals surface area (Å²) in [7, 11) is 3.08. The van der Waals surface area contributed by atoms with Crippen LogP contribution in [0, 0.1) is 11.3 Å². The van der Waals surface area contributed by atoms with Gasteiger partial charge in [-0.2, -0.15) is 5.26 Å². The molecule has 1 N–H and O–H groups in total. The Bertz CT molecular complexity index is 1120. The summed E-state index contributed by atoms with van der Waals surface area (Å²) >= 11 is 0. The van der Waals surface area contributed by atoms with Crippen LogP contribution in [-0.4, -0.2) is 20.1 Å². The van der Waals surface area contributed by atoms with Crippen LogP contribution in [0.2, 0.25) is 0 Å². The van der Waals surface area contributed by atoms with Gasteiger partial charge in [0.2, 0.25) is 0 Å². The van der Waals surface area contributed by atoms with Crippen molar-refractivity contribution in [3.63, 3.8) is 0 Å². The highest BCUT2D eigenvalue weighted by Gasteiger charge is 2.12. The number of anilines is 1. The molecule has 0 saturated carbocycles. The van der Waals surface area contributed by atoms with E-state index in [1.165, 1.54) is 6.08 Å². The Morgan fingerprint density at radius 1 is 0.968 bits per heavy atom. The number of nitrogens with zero attached hydrogens (tertiary/aromatic N) is 1. The van der Waals surface area contributed by atoms with E-state index in [4.69, 9.17) is 14.2 Å². The van der Waals surface area contributed by atoms with Gasteiger partial charge in [-0.05, 0) is 41.5 Å². The van der Waals surface area contributed by atoms with E-state index in [1.54, 1.807) is 56.7 Å². The van der Waals surface area contributed by atoms with Crippen LogP contribution in [0.5, 0.6) is 17.2 Å². The topological polar surface area (TPSA) is 80.6 Å². The maximum atomic E-state index is 12.5. The standard InChI is InChI=1S/C25H22N2O4/c1-29-22-10-6-9-21(15-22)27-25(28)20(16-26)13-19-11-12-23(24(14-19)30-2)31-17-18-7-4-3-5-8-18/h3-15H,17H2,1-2H3,(H,27,28)/b20-13+. The first kappa shape index (κ1) is 21.5. The van der Waals surface area contributed by atoms with E-state index in [0.29, 0.717) is 35.1 Å². The zero-order chi connectivity index (χ0) is 22.1. The molecule has 0 radical (unpaired) electrons. The zero-order valence-corrected chi connectivity index (χ0v) is 17.3. The summed E-state index contributed by atoms with van der Waals surface area (Å²) in [5, 5.41) is 12.2. The molecule has 1 amide bonds. The molecule has 0 unspecified atom stereocenters. The van der Waals surface area contributed by atoms with Crippen molar-refractivity contribution in [3.8, 4) is 23.3 Å². The lowest BCUT2D eigenvalue weighted by atomic mass is 10.1. The number of hydrogen-bond acceptors (Lipinski definition) is 5. The van der Waals surface area contributed by atoms with Gasteiger partial charge in [-0.1, -0.05) is 42.5 Å². The Morgan fingerprint density at radius 3 is 2.48 bits per heavy atom. The number of methoxy groups -OCH3 is 2. The second-order valence-electron chi connectivity index (χ2n) is 6.54. The molecule has 31 heavy (non-hydrogen) atoms. The smallest absolute Gasteiger partial charge is 0.266 e. The summed E-state index contributed by atoms with van der Waals surface area (Å²) < 4.78 is 16.4. The highest BCUT2D eigenvalue weighted by atomic mass is 16.5. The molecule has 0 saturated heterocycles. The lowest BCUT2D eigenvalue weighted by Gasteiger charge is -2.11. The molecule has 0 spiro atoms. The minimum absolute atomic E-state index is 0.0390. The summed E-state index contributed by atoms with van der Waals surface area (Å²) in [6.45, 7) is 0.402. The maximum absolute atomic E-state index is 12.5. The van der Waals surface area contributed by atoms with Gasteiger partial charge in [-0.25, -0.2) is 0 Å². The molecule has 6 heteroatoms. The van der Waals surface area contributed by atoms with E-state index in [-0.39, 0.29) is 5.57 Å². The van der Waals surface area contributed by atoms with Crippen LogP contribution in [-0.2, 0) is 11.4 Å². The van der Waals surface area contributed by atoms with Gasteiger partial charge < -0.3 is 19.5 Å². The van der Waals surface area contributed by atoms with Crippen molar-refractivity contribution in [1.29, 1.82) is 5.26 Å². The molecule has 0 bridgehead atoms. The number of ether oxygens (including phenoxy) is 3. The van der Waals surface area contributed by atoms with Crippen LogP contribution in [0.25, 0.3) is 6.08 Å².